The van der Waals surface area contributed by atoms with Crippen LogP contribution in [0.4, 0.5) is 4.39 Å². The molecule has 0 heterocycles. The van der Waals surface area contributed by atoms with Gasteiger partial charge in [-0.3, -0.25) is 0 Å². The Labute approximate surface area is 74.7 Å². The average molecular weight is 301 g/mol. The Hall–Kier alpha value is 0.360. The molecular weight excluding hydrogens is 298 g/mol. The monoisotopic (exact) mass is 300 g/mol. The summed E-state index contributed by atoms with van der Waals surface area (Å²) in [5.41, 5.74) is 0. The molecule has 0 saturated carbocycles. The molecular formula is C6H3BrFI. The fourth-order valence-electron chi connectivity index (χ4n) is 0.470. The van der Waals surface area contributed by atoms with E-state index < -0.39 is 0 Å². The summed E-state index contributed by atoms with van der Waals surface area (Å²) in [7, 11) is 0. The van der Waals surface area contributed by atoms with Gasteiger partial charge in [0.1, 0.15) is 5.82 Å². The Morgan fingerprint density at radius 3 is 2.56 bits per heavy atom. The Morgan fingerprint density at radius 1 is 1.44 bits per heavy atom. The lowest BCUT2D eigenvalue weighted by atomic mass is 10.4. The van der Waals surface area contributed by atoms with E-state index in [0.29, 0.717) is 0 Å². The van der Waals surface area contributed by atoms with E-state index in [4.69, 9.17) is 0 Å². The van der Waals surface area contributed by atoms with Crippen molar-refractivity contribution in [3.63, 3.8) is 0 Å². The molecule has 0 atom stereocenters. The third kappa shape index (κ3) is 1.89. The molecule has 0 amide bonds. The minimum absolute atomic E-state index is 0.192. The van der Waals surface area contributed by atoms with Crippen LogP contribution in [-0.2, 0) is 0 Å². The van der Waals surface area contributed by atoms with Gasteiger partial charge in [-0.15, -0.1) is 0 Å². The van der Waals surface area contributed by atoms with Crippen LogP contribution in [0, 0.1) is 9.39 Å². The van der Waals surface area contributed by atoms with Crippen LogP contribution >= 0.6 is 38.5 Å². The highest BCUT2D eigenvalue weighted by atomic mass is 127. The predicted octanol–water partition coefficient (Wildman–Crippen LogP) is 3.19. The zero-order valence-electron chi connectivity index (χ0n) is 4.37. The first-order valence-corrected chi connectivity index (χ1v) is 4.18. The van der Waals surface area contributed by atoms with Crippen molar-refractivity contribution >= 4 is 38.5 Å². The van der Waals surface area contributed by atoms with Crippen molar-refractivity contribution in [2.75, 3.05) is 0 Å². The van der Waals surface area contributed by atoms with Crippen LogP contribution in [0.25, 0.3) is 0 Å². The molecule has 0 aromatic heterocycles. The molecule has 0 spiro atoms. The van der Waals surface area contributed by atoms with Crippen molar-refractivity contribution in [2.24, 2.45) is 0 Å². The quantitative estimate of drug-likeness (QED) is 0.510. The van der Waals surface area contributed by atoms with Crippen LogP contribution < -0.4 is 0 Å². The van der Waals surface area contributed by atoms with Crippen LogP contribution in [0.2, 0.25) is 0 Å². The second-order valence-corrected chi connectivity index (χ2v) is 3.57. The average Bonchev–Trinajstić information content (AvgIpc) is 1.80. The van der Waals surface area contributed by atoms with Gasteiger partial charge in [0.25, 0.3) is 0 Å². The van der Waals surface area contributed by atoms with E-state index in [1.807, 2.05) is 0 Å². The van der Waals surface area contributed by atoms with Crippen molar-refractivity contribution in [2.45, 2.75) is 0 Å². The summed E-state index contributed by atoms with van der Waals surface area (Å²) in [6, 6.07) is 4.59. The maximum atomic E-state index is 12.3. The molecule has 1 aromatic rings. The molecule has 0 aliphatic heterocycles. The molecule has 0 aliphatic rings. The summed E-state index contributed by atoms with van der Waals surface area (Å²) in [6.45, 7) is 0. The lowest BCUT2D eigenvalue weighted by Crippen LogP contribution is -1.76. The highest BCUT2D eigenvalue weighted by Crippen LogP contribution is 2.18. The molecule has 9 heavy (non-hydrogen) atoms. The third-order valence-electron chi connectivity index (χ3n) is 0.882. The minimum Gasteiger partial charge on any atom is -0.207 e. The van der Waals surface area contributed by atoms with Crippen molar-refractivity contribution in [1.82, 2.24) is 0 Å². The normalized spacial score (nSPS) is 9.67. The molecule has 0 unspecified atom stereocenters. The topological polar surface area (TPSA) is 0 Å². The Bertz CT molecular complexity index is 224. The lowest BCUT2D eigenvalue weighted by molar-refractivity contribution is 0.626. The van der Waals surface area contributed by atoms with E-state index >= 15 is 0 Å². The molecule has 3 heteroatoms. The zero-order chi connectivity index (χ0) is 6.85. The summed E-state index contributed by atoms with van der Waals surface area (Å²) in [5, 5.41) is 0. The van der Waals surface area contributed by atoms with Gasteiger partial charge in [-0.25, -0.2) is 4.39 Å². The Balaban J connectivity index is 3.17. The molecule has 0 bridgehead atoms. The highest BCUT2D eigenvalue weighted by Gasteiger charge is 1.95. The van der Waals surface area contributed by atoms with Gasteiger partial charge in [0, 0.05) is 8.04 Å². The van der Waals surface area contributed by atoms with Crippen molar-refractivity contribution in [1.29, 1.82) is 0 Å². The first-order valence-electron chi connectivity index (χ1n) is 2.30. The smallest absolute Gasteiger partial charge is 0.124 e. The highest BCUT2D eigenvalue weighted by molar-refractivity contribution is 14.1. The number of rotatable bonds is 0. The second kappa shape index (κ2) is 2.96. The van der Waals surface area contributed by atoms with Gasteiger partial charge in [-0.05, 0) is 56.7 Å². The van der Waals surface area contributed by atoms with Crippen molar-refractivity contribution in [3.05, 3.63) is 32.1 Å². The van der Waals surface area contributed by atoms with E-state index in [1.165, 1.54) is 12.1 Å². The zero-order valence-corrected chi connectivity index (χ0v) is 8.11. The third-order valence-corrected chi connectivity index (χ3v) is 3.21. The van der Waals surface area contributed by atoms with Crippen LogP contribution in [0.3, 0.4) is 0 Å². The predicted molar refractivity (Wildman–Crippen MR) is 46.8 cm³/mol. The minimum atomic E-state index is -0.192. The SMILES string of the molecule is Fc1ccc(Br)c(I)c1. The fourth-order valence-corrected chi connectivity index (χ4v) is 1.19. The van der Waals surface area contributed by atoms with Crippen molar-refractivity contribution in [3.8, 4) is 0 Å². The first kappa shape index (κ1) is 7.47. The maximum absolute atomic E-state index is 12.3. The van der Waals surface area contributed by atoms with Gasteiger partial charge in [-0.1, -0.05) is 0 Å². The van der Waals surface area contributed by atoms with Gasteiger partial charge in [-0.2, -0.15) is 0 Å². The van der Waals surface area contributed by atoms with E-state index in [-0.39, 0.29) is 5.82 Å². The lowest BCUT2D eigenvalue weighted by Gasteiger charge is -1.92. The molecule has 0 radical (unpaired) electrons. The van der Waals surface area contributed by atoms with Crippen molar-refractivity contribution < 1.29 is 4.39 Å². The summed E-state index contributed by atoms with van der Waals surface area (Å²) in [6.07, 6.45) is 0. The van der Waals surface area contributed by atoms with Gasteiger partial charge >= 0.3 is 0 Å². The summed E-state index contributed by atoms with van der Waals surface area (Å²) in [4.78, 5) is 0. The molecule has 1 rings (SSSR count). The van der Waals surface area contributed by atoms with E-state index in [1.54, 1.807) is 6.07 Å². The second-order valence-electron chi connectivity index (χ2n) is 1.56. The van der Waals surface area contributed by atoms with E-state index in [9.17, 15) is 4.39 Å². The number of hydrogen-bond donors (Lipinski definition) is 0. The van der Waals surface area contributed by atoms with Gasteiger partial charge in [0.05, 0.1) is 0 Å². The number of benzene rings is 1. The van der Waals surface area contributed by atoms with Gasteiger partial charge in [0.15, 0.2) is 0 Å². The van der Waals surface area contributed by atoms with Gasteiger partial charge < -0.3 is 0 Å². The number of halogens is 3. The van der Waals surface area contributed by atoms with Crippen LogP contribution in [-0.4, -0.2) is 0 Å². The molecule has 0 aliphatic carbocycles. The van der Waals surface area contributed by atoms with E-state index in [2.05, 4.69) is 38.5 Å². The first-order chi connectivity index (χ1) is 4.20. The standard InChI is InChI=1S/C6H3BrFI/c7-5-2-1-4(8)3-6(5)9/h1-3H. The molecule has 1 aromatic carbocycles. The molecule has 0 saturated heterocycles. The largest absolute Gasteiger partial charge is 0.207 e. The van der Waals surface area contributed by atoms with Crippen LogP contribution in [0.1, 0.15) is 0 Å². The molecule has 0 N–H and O–H groups in total. The molecule has 48 valence electrons. The summed E-state index contributed by atoms with van der Waals surface area (Å²) < 4.78 is 14.2. The Morgan fingerprint density at radius 2 is 2.11 bits per heavy atom. The molecule has 0 nitrogen and oxygen atoms in total. The maximum Gasteiger partial charge on any atom is 0.124 e. The summed E-state index contributed by atoms with van der Waals surface area (Å²) in [5.74, 6) is -0.192. The van der Waals surface area contributed by atoms with Crippen LogP contribution in [0.5, 0.6) is 0 Å². The Kier molecular flexibility index (Phi) is 2.46. The molecule has 0 fully saturated rings. The summed E-state index contributed by atoms with van der Waals surface area (Å²) >= 11 is 5.32. The van der Waals surface area contributed by atoms with Gasteiger partial charge in [0.2, 0.25) is 0 Å². The van der Waals surface area contributed by atoms with E-state index in [0.717, 1.165) is 8.04 Å². The number of hydrogen-bond acceptors (Lipinski definition) is 0. The van der Waals surface area contributed by atoms with Crippen LogP contribution in [0.15, 0.2) is 22.7 Å². The fraction of sp³-hybridized carbons (Fsp3) is 0.